The smallest absolute Gasteiger partial charge is 0.241 e. The molecule has 1 saturated carbocycles. The summed E-state index contributed by atoms with van der Waals surface area (Å²) in [6.07, 6.45) is 7.62. The maximum Gasteiger partial charge on any atom is 0.241 e. The number of likely N-dealkylation sites (N-methyl/N-ethyl adjacent to an activating group) is 1. The van der Waals surface area contributed by atoms with Crippen molar-refractivity contribution >= 4 is 35.8 Å². The molecule has 2 N–H and O–H groups in total. The normalized spacial score (nSPS) is 22.0. The first-order valence-electron chi connectivity index (χ1n) is 11.6. The molecule has 1 aliphatic heterocycles. The van der Waals surface area contributed by atoms with Gasteiger partial charge in [-0.2, -0.15) is 0 Å². The van der Waals surface area contributed by atoms with Gasteiger partial charge in [0.2, 0.25) is 5.91 Å². The van der Waals surface area contributed by atoms with Gasteiger partial charge in [0.25, 0.3) is 0 Å². The molecule has 7 heteroatoms. The number of likely N-dealkylation sites (tertiary alicyclic amines) is 1. The third-order valence-corrected chi connectivity index (χ3v) is 6.39. The molecular formula is C24H40IN5O. The maximum atomic E-state index is 12.0. The van der Waals surface area contributed by atoms with E-state index in [2.05, 4.69) is 46.7 Å². The number of benzene rings is 1. The van der Waals surface area contributed by atoms with Crippen molar-refractivity contribution in [2.75, 3.05) is 33.7 Å². The van der Waals surface area contributed by atoms with Crippen molar-refractivity contribution in [3.05, 3.63) is 35.4 Å². The Bertz CT molecular complexity index is 700. The first-order valence-corrected chi connectivity index (χ1v) is 11.6. The molecule has 1 heterocycles. The highest BCUT2D eigenvalue weighted by Crippen LogP contribution is 2.23. The molecule has 1 amide bonds. The lowest BCUT2D eigenvalue weighted by molar-refractivity contribution is -0.127. The first-order chi connectivity index (χ1) is 14.5. The fraction of sp³-hybridized carbons (Fsp3) is 0.667. The van der Waals surface area contributed by atoms with E-state index < -0.39 is 0 Å². The molecule has 0 radical (unpaired) electrons. The Morgan fingerprint density at radius 1 is 1.06 bits per heavy atom. The maximum absolute atomic E-state index is 12.0. The Labute approximate surface area is 205 Å². The van der Waals surface area contributed by atoms with Crippen molar-refractivity contribution in [1.82, 2.24) is 20.4 Å². The SMILES string of the molecule is CC1CCCCC1NC(=NCc1ccc(CN2CCCC2)cc1)NCC(=O)N(C)C.I. The van der Waals surface area contributed by atoms with Crippen LogP contribution >= 0.6 is 24.0 Å². The number of guanidine groups is 1. The lowest BCUT2D eigenvalue weighted by Gasteiger charge is -2.31. The zero-order valence-corrected chi connectivity index (χ0v) is 21.7. The summed E-state index contributed by atoms with van der Waals surface area (Å²) in [5, 5.41) is 6.83. The number of rotatable bonds is 7. The fourth-order valence-electron chi connectivity index (χ4n) is 4.30. The highest BCUT2D eigenvalue weighted by atomic mass is 127. The molecule has 2 aliphatic rings. The third-order valence-electron chi connectivity index (χ3n) is 6.39. The molecule has 0 aromatic heterocycles. The summed E-state index contributed by atoms with van der Waals surface area (Å²) in [5.41, 5.74) is 2.56. The van der Waals surface area contributed by atoms with Crippen LogP contribution in [0.4, 0.5) is 0 Å². The van der Waals surface area contributed by atoms with Gasteiger partial charge in [0, 0.05) is 26.7 Å². The summed E-state index contributed by atoms with van der Waals surface area (Å²) in [6, 6.07) is 9.23. The van der Waals surface area contributed by atoms with Gasteiger partial charge in [0.1, 0.15) is 0 Å². The molecule has 1 aliphatic carbocycles. The van der Waals surface area contributed by atoms with Crippen LogP contribution in [0, 0.1) is 5.92 Å². The molecule has 31 heavy (non-hydrogen) atoms. The molecule has 1 aromatic carbocycles. The highest BCUT2D eigenvalue weighted by molar-refractivity contribution is 14.0. The molecule has 174 valence electrons. The standard InChI is InChI=1S/C24H39N5O.HI/c1-19-8-4-5-9-22(19)27-24(26-17-23(30)28(2)3)25-16-20-10-12-21(13-11-20)18-29-14-6-7-15-29;/h10-13,19,22H,4-9,14-18H2,1-3H3,(H2,25,26,27);1H. The molecule has 2 atom stereocenters. The Hall–Kier alpha value is -1.35. The van der Waals surface area contributed by atoms with Crippen molar-refractivity contribution in [1.29, 1.82) is 0 Å². The van der Waals surface area contributed by atoms with Crippen LogP contribution < -0.4 is 10.6 Å². The minimum Gasteiger partial charge on any atom is -0.353 e. The van der Waals surface area contributed by atoms with E-state index >= 15 is 0 Å². The van der Waals surface area contributed by atoms with Gasteiger partial charge in [0.15, 0.2) is 5.96 Å². The number of hydrogen-bond acceptors (Lipinski definition) is 3. The number of nitrogens with zero attached hydrogens (tertiary/aromatic N) is 3. The lowest BCUT2D eigenvalue weighted by atomic mass is 9.86. The van der Waals surface area contributed by atoms with E-state index in [0.717, 1.165) is 18.9 Å². The summed E-state index contributed by atoms with van der Waals surface area (Å²) in [4.78, 5) is 21.0. The summed E-state index contributed by atoms with van der Waals surface area (Å²) in [7, 11) is 3.56. The third kappa shape index (κ3) is 8.60. The second kappa shape index (κ2) is 13.3. The van der Waals surface area contributed by atoms with Crippen molar-refractivity contribution < 1.29 is 4.79 Å². The van der Waals surface area contributed by atoms with E-state index in [1.54, 1.807) is 19.0 Å². The lowest BCUT2D eigenvalue weighted by Crippen LogP contribution is -2.49. The predicted molar refractivity (Wildman–Crippen MR) is 139 cm³/mol. The monoisotopic (exact) mass is 541 g/mol. The van der Waals surface area contributed by atoms with Gasteiger partial charge in [-0.3, -0.25) is 9.69 Å². The van der Waals surface area contributed by atoms with Gasteiger partial charge in [0.05, 0.1) is 13.1 Å². The molecule has 1 saturated heterocycles. The van der Waals surface area contributed by atoms with E-state index in [9.17, 15) is 4.79 Å². The van der Waals surface area contributed by atoms with Crippen LogP contribution in [0.15, 0.2) is 29.3 Å². The van der Waals surface area contributed by atoms with Gasteiger partial charge in [-0.05, 0) is 55.8 Å². The molecular weight excluding hydrogens is 501 g/mol. The average molecular weight is 542 g/mol. The highest BCUT2D eigenvalue weighted by Gasteiger charge is 2.22. The van der Waals surface area contributed by atoms with Crippen molar-refractivity contribution in [2.45, 2.75) is 64.6 Å². The second-order valence-corrected chi connectivity index (χ2v) is 9.12. The summed E-state index contributed by atoms with van der Waals surface area (Å²) >= 11 is 0. The topological polar surface area (TPSA) is 60.0 Å². The zero-order valence-electron chi connectivity index (χ0n) is 19.4. The first kappa shape index (κ1) is 25.9. The van der Waals surface area contributed by atoms with E-state index in [1.807, 2.05) is 0 Å². The van der Waals surface area contributed by atoms with E-state index in [1.165, 1.54) is 56.3 Å². The number of halogens is 1. The molecule has 2 unspecified atom stereocenters. The Morgan fingerprint density at radius 3 is 2.35 bits per heavy atom. The summed E-state index contributed by atoms with van der Waals surface area (Å²) < 4.78 is 0. The number of carbonyl (C=O) groups is 1. The van der Waals surface area contributed by atoms with Gasteiger partial charge < -0.3 is 15.5 Å². The van der Waals surface area contributed by atoms with Gasteiger partial charge in [-0.15, -0.1) is 24.0 Å². The molecule has 1 aromatic rings. The van der Waals surface area contributed by atoms with Crippen molar-refractivity contribution in [3.8, 4) is 0 Å². The van der Waals surface area contributed by atoms with E-state index in [-0.39, 0.29) is 36.4 Å². The van der Waals surface area contributed by atoms with Crippen LogP contribution in [-0.4, -0.2) is 61.4 Å². The van der Waals surface area contributed by atoms with Crippen LogP contribution in [0.25, 0.3) is 0 Å². The van der Waals surface area contributed by atoms with E-state index in [0.29, 0.717) is 18.5 Å². The Morgan fingerprint density at radius 2 is 1.71 bits per heavy atom. The zero-order chi connectivity index (χ0) is 21.3. The molecule has 0 bridgehead atoms. The number of nitrogens with one attached hydrogen (secondary N) is 2. The number of hydrogen-bond donors (Lipinski definition) is 2. The number of amides is 1. The predicted octanol–water partition coefficient (Wildman–Crippen LogP) is 3.60. The average Bonchev–Trinajstić information content (AvgIpc) is 3.25. The van der Waals surface area contributed by atoms with E-state index in [4.69, 9.17) is 4.99 Å². The van der Waals surface area contributed by atoms with Crippen LogP contribution in [0.5, 0.6) is 0 Å². The van der Waals surface area contributed by atoms with Gasteiger partial charge >= 0.3 is 0 Å². The van der Waals surface area contributed by atoms with Crippen molar-refractivity contribution in [2.24, 2.45) is 10.9 Å². The second-order valence-electron chi connectivity index (χ2n) is 9.12. The van der Waals surface area contributed by atoms with Crippen LogP contribution in [0.2, 0.25) is 0 Å². The molecule has 2 fully saturated rings. The molecule has 0 spiro atoms. The largest absolute Gasteiger partial charge is 0.353 e. The van der Waals surface area contributed by atoms with Crippen molar-refractivity contribution in [3.63, 3.8) is 0 Å². The minimum atomic E-state index is 0. The van der Waals surface area contributed by atoms with Crippen LogP contribution in [-0.2, 0) is 17.9 Å². The summed E-state index contributed by atoms with van der Waals surface area (Å²) in [5.74, 6) is 1.41. The summed E-state index contributed by atoms with van der Waals surface area (Å²) in [6.45, 7) is 6.66. The van der Waals surface area contributed by atoms with Crippen LogP contribution in [0.1, 0.15) is 56.6 Å². The molecule has 6 nitrogen and oxygen atoms in total. The van der Waals surface area contributed by atoms with Gasteiger partial charge in [-0.25, -0.2) is 4.99 Å². The Balaban J connectivity index is 0.00000341. The minimum absolute atomic E-state index is 0. The quantitative estimate of drug-likeness (QED) is 0.315. The van der Waals surface area contributed by atoms with Crippen LogP contribution in [0.3, 0.4) is 0 Å². The number of carbonyl (C=O) groups excluding carboxylic acids is 1. The number of aliphatic imine (C=N–C) groups is 1. The molecule has 3 rings (SSSR count). The fourth-order valence-corrected chi connectivity index (χ4v) is 4.30. The Kier molecular flexibility index (Phi) is 11.1. The van der Waals surface area contributed by atoms with Gasteiger partial charge in [-0.1, -0.05) is 44.0 Å².